The van der Waals surface area contributed by atoms with E-state index in [-0.39, 0.29) is 11.3 Å². The number of hydrogen-bond donors (Lipinski definition) is 1. The molecule has 0 unspecified atom stereocenters. The van der Waals surface area contributed by atoms with Gasteiger partial charge < -0.3 is 4.98 Å². The average Bonchev–Trinajstić information content (AvgIpc) is 2.61. The molecule has 6 nitrogen and oxygen atoms in total. The molecule has 0 radical (unpaired) electrons. The molecule has 1 aromatic heterocycles. The van der Waals surface area contributed by atoms with E-state index in [0.717, 1.165) is 11.1 Å². The van der Waals surface area contributed by atoms with Crippen LogP contribution in [0.3, 0.4) is 0 Å². The second kappa shape index (κ2) is 6.42. The highest BCUT2D eigenvalue weighted by atomic mass is 16.6. The Labute approximate surface area is 143 Å². The summed E-state index contributed by atoms with van der Waals surface area (Å²) in [5, 5.41) is 20.3. The van der Waals surface area contributed by atoms with Crippen LogP contribution in [-0.2, 0) is 0 Å². The predicted octanol–water partition coefficient (Wildman–Crippen LogP) is 3.80. The lowest BCUT2D eigenvalue weighted by Crippen LogP contribution is -2.12. The van der Waals surface area contributed by atoms with E-state index < -0.39 is 10.5 Å². The summed E-state index contributed by atoms with van der Waals surface area (Å²) in [4.78, 5) is 25.5. The van der Waals surface area contributed by atoms with Crippen LogP contribution in [0.25, 0.3) is 22.4 Å². The van der Waals surface area contributed by atoms with Crippen LogP contribution < -0.4 is 5.56 Å². The Bertz CT molecular complexity index is 1080. The van der Waals surface area contributed by atoms with Crippen LogP contribution in [0.5, 0.6) is 0 Å². The molecular formula is C19H13N3O3. The molecule has 1 heterocycles. The van der Waals surface area contributed by atoms with Crippen LogP contribution in [0.2, 0.25) is 0 Å². The van der Waals surface area contributed by atoms with Gasteiger partial charge in [0, 0.05) is 23.4 Å². The molecule has 122 valence electrons. The fourth-order valence-corrected chi connectivity index (χ4v) is 2.65. The van der Waals surface area contributed by atoms with Gasteiger partial charge in [-0.15, -0.1) is 0 Å². The molecule has 6 heteroatoms. The number of nitrogens with zero attached hydrogens (tertiary/aromatic N) is 2. The molecule has 0 atom stereocenters. The minimum Gasteiger partial charge on any atom is -0.321 e. The van der Waals surface area contributed by atoms with Crippen LogP contribution >= 0.6 is 0 Å². The molecule has 0 aliphatic carbocycles. The molecule has 0 saturated carbocycles. The van der Waals surface area contributed by atoms with E-state index in [0.29, 0.717) is 16.8 Å². The highest BCUT2D eigenvalue weighted by Gasteiger charge is 2.15. The second-order valence-electron chi connectivity index (χ2n) is 5.59. The molecule has 3 aromatic rings. The van der Waals surface area contributed by atoms with Gasteiger partial charge in [-0.05, 0) is 30.2 Å². The number of aryl methyl sites for hydroxylation is 1. The van der Waals surface area contributed by atoms with Crippen molar-refractivity contribution in [2.24, 2.45) is 0 Å². The molecule has 0 saturated heterocycles. The quantitative estimate of drug-likeness (QED) is 0.583. The molecule has 25 heavy (non-hydrogen) atoms. The van der Waals surface area contributed by atoms with E-state index in [9.17, 15) is 20.2 Å². The second-order valence-corrected chi connectivity index (χ2v) is 5.59. The van der Waals surface area contributed by atoms with Crippen molar-refractivity contribution in [1.82, 2.24) is 4.98 Å². The van der Waals surface area contributed by atoms with Gasteiger partial charge in [0.15, 0.2) is 0 Å². The van der Waals surface area contributed by atoms with Gasteiger partial charge in [0.2, 0.25) is 0 Å². The van der Waals surface area contributed by atoms with Crippen molar-refractivity contribution in [3.05, 3.63) is 86.2 Å². The average molecular weight is 331 g/mol. The summed E-state index contributed by atoms with van der Waals surface area (Å²) in [6.07, 6.45) is 0. The molecule has 0 fully saturated rings. The first-order valence-electron chi connectivity index (χ1n) is 7.49. The summed E-state index contributed by atoms with van der Waals surface area (Å²) in [5.41, 5.74) is 2.50. The Balaban J connectivity index is 2.26. The molecule has 1 N–H and O–H groups in total. The number of H-pyrrole nitrogens is 1. The van der Waals surface area contributed by atoms with Crippen molar-refractivity contribution in [1.29, 1.82) is 5.26 Å². The first-order chi connectivity index (χ1) is 12.0. The van der Waals surface area contributed by atoms with E-state index in [2.05, 4.69) is 4.98 Å². The van der Waals surface area contributed by atoms with Gasteiger partial charge in [-0.3, -0.25) is 14.9 Å². The maximum absolute atomic E-state index is 12.3. The maximum atomic E-state index is 12.3. The van der Waals surface area contributed by atoms with Crippen molar-refractivity contribution in [2.45, 2.75) is 6.92 Å². The molecule has 0 aliphatic heterocycles. The molecule has 3 rings (SSSR count). The van der Waals surface area contributed by atoms with Crippen LogP contribution in [0, 0.1) is 28.4 Å². The van der Waals surface area contributed by atoms with E-state index in [1.165, 1.54) is 18.2 Å². The van der Waals surface area contributed by atoms with E-state index in [1.54, 1.807) is 12.1 Å². The Morgan fingerprint density at radius 1 is 1.08 bits per heavy atom. The van der Waals surface area contributed by atoms with Gasteiger partial charge in [0.1, 0.15) is 11.6 Å². The Morgan fingerprint density at radius 3 is 2.48 bits per heavy atom. The highest BCUT2D eigenvalue weighted by Crippen LogP contribution is 2.28. The number of aromatic nitrogens is 1. The Kier molecular flexibility index (Phi) is 4.14. The lowest BCUT2D eigenvalue weighted by molar-refractivity contribution is -0.384. The van der Waals surface area contributed by atoms with Crippen molar-refractivity contribution >= 4 is 5.69 Å². The third kappa shape index (κ3) is 3.16. The number of nitriles is 1. The number of nitro benzene ring substituents is 1. The number of rotatable bonds is 3. The fourth-order valence-electron chi connectivity index (χ4n) is 2.65. The lowest BCUT2D eigenvalue weighted by atomic mass is 9.98. The van der Waals surface area contributed by atoms with Crippen LogP contribution in [0.1, 0.15) is 11.1 Å². The smallest absolute Gasteiger partial charge is 0.270 e. The van der Waals surface area contributed by atoms with E-state index in [1.807, 2.05) is 37.3 Å². The number of hydrogen-bond acceptors (Lipinski definition) is 4. The zero-order valence-electron chi connectivity index (χ0n) is 13.3. The first-order valence-corrected chi connectivity index (χ1v) is 7.49. The van der Waals surface area contributed by atoms with Gasteiger partial charge in [0.25, 0.3) is 11.2 Å². The first kappa shape index (κ1) is 16.1. The van der Waals surface area contributed by atoms with Crippen LogP contribution in [0.15, 0.2) is 59.4 Å². The lowest BCUT2D eigenvalue weighted by Gasteiger charge is -2.08. The number of non-ortho nitro benzene ring substituents is 1. The van der Waals surface area contributed by atoms with Gasteiger partial charge in [-0.2, -0.15) is 5.26 Å². The number of aromatic amines is 1. The fraction of sp³-hybridized carbons (Fsp3) is 0.0526. The zero-order chi connectivity index (χ0) is 18.0. The van der Waals surface area contributed by atoms with Crippen LogP contribution in [0.4, 0.5) is 5.69 Å². The maximum Gasteiger partial charge on any atom is 0.270 e. The van der Waals surface area contributed by atoms with Gasteiger partial charge in [-0.1, -0.05) is 35.9 Å². The number of nitro groups is 1. The van der Waals surface area contributed by atoms with E-state index >= 15 is 0 Å². The zero-order valence-corrected chi connectivity index (χ0v) is 13.3. The number of pyridine rings is 1. The molecule has 0 amide bonds. The summed E-state index contributed by atoms with van der Waals surface area (Å²) in [6.45, 7) is 1.94. The Hall–Kier alpha value is -3.72. The standard InChI is InChI=1S/C19H13N3O3/c1-12-4-2-6-14(8-12)18-10-16(17(11-20)19(23)21-18)13-5-3-7-15(9-13)22(24)25/h2-10H,1H3,(H,21,23). The summed E-state index contributed by atoms with van der Waals surface area (Å²) >= 11 is 0. The Morgan fingerprint density at radius 2 is 1.80 bits per heavy atom. The molecular weight excluding hydrogens is 318 g/mol. The third-order valence-electron chi connectivity index (χ3n) is 3.84. The molecule has 2 aromatic carbocycles. The van der Waals surface area contributed by atoms with Crippen LogP contribution in [-0.4, -0.2) is 9.91 Å². The van der Waals surface area contributed by atoms with Gasteiger partial charge in [0.05, 0.1) is 4.92 Å². The van der Waals surface area contributed by atoms with Crippen molar-refractivity contribution < 1.29 is 4.92 Å². The van der Waals surface area contributed by atoms with Gasteiger partial charge >= 0.3 is 0 Å². The minimum atomic E-state index is -0.525. The number of nitrogens with one attached hydrogen (secondary N) is 1. The van der Waals surface area contributed by atoms with Crippen molar-refractivity contribution in [2.75, 3.05) is 0 Å². The highest BCUT2D eigenvalue weighted by molar-refractivity contribution is 5.76. The minimum absolute atomic E-state index is 0.0723. The van der Waals surface area contributed by atoms with Crippen molar-refractivity contribution in [3.8, 4) is 28.5 Å². The van der Waals surface area contributed by atoms with Gasteiger partial charge in [-0.25, -0.2) is 0 Å². The topological polar surface area (TPSA) is 99.8 Å². The molecule has 0 bridgehead atoms. The van der Waals surface area contributed by atoms with Crippen molar-refractivity contribution in [3.63, 3.8) is 0 Å². The molecule has 0 aliphatic rings. The molecule has 0 spiro atoms. The summed E-state index contributed by atoms with van der Waals surface area (Å²) in [6, 6.07) is 17.0. The SMILES string of the molecule is Cc1cccc(-c2cc(-c3cccc([N+](=O)[O-])c3)c(C#N)c(=O)[nH]2)c1. The summed E-state index contributed by atoms with van der Waals surface area (Å²) in [7, 11) is 0. The normalized spacial score (nSPS) is 10.2. The number of benzene rings is 2. The predicted molar refractivity (Wildman–Crippen MR) is 94.0 cm³/mol. The van der Waals surface area contributed by atoms with E-state index in [4.69, 9.17) is 0 Å². The summed E-state index contributed by atoms with van der Waals surface area (Å²) in [5.74, 6) is 0. The summed E-state index contributed by atoms with van der Waals surface area (Å²) < 4.78 is 0. The largest absolute Gasteiger partial charge is 0.321 e. The third-order valence-corrected chi connectivity index (χ3v) is 3.84. The monoisotopic (exact) mass is 331 g/mol.